The lowest BCUT2D eigenvalue weighted by molar-refractivity contribution is 0.0432. The lowest BCUT2D eigenvalue weighted by Gasteiger charge is -2.03. The number of hydrogen-bond acceptors (Lipinski definition) is 5. The van der Waals surface area contributed by atoms with Gasteiger partial charge in [0.05, 0.1) is 6.61 Å². The third kappa shape index (κ3) is 2.31. The molecule has 0 aliphatic heterocycles. The van der Waals surface area contributed by atoms with Crippen LogP contribution in [0.3, 0.4) is 0 Å². The molecular weight excluding hydrogens is 224 g/mol. The number of esters is 1. The molecule has 0 amide bonds. The van der Waals surface area contributed by atoms with E-state index in [4.69, 9.17) is 5.11 Å². The molecule has 6 heteroatoms. The van der Waals surface area contributed by atoms with Gasteiger partial charge in [0, 0.05) is 11.6 Å². The van der Waals surface area contributed by atoms with E-state index in [9.17, 15) is 9.59 Å². The van der Waals surface area contributed by atoms with E-state index in [1.807, 2.05) is 0 Å². The Bertz CT molecular complexity index is 606. The highest BCUT2D eigenvalue weighted by molar-refractivity contribution is 5.92. The van der Waals surface area contributed by atoms with E-state index in [-0.39, 0.29) is 18.8 Å². The van der Waals surface area contributed by atoms with Crippen LogP contribution in [-0.2, 0) is 4.74 Å². The number of aromatic nitrogens is 2. The predicted octanol–water partition coefficient (Wildman–Crippen LogP) is 0.0722. The van der Waals surface area contributed by atoms with E-state index in [2.05, 4.69) is 14.7 Å². The summed E-state index contributed by atoms with van der Waals surface area (Å²) in [7, 11) is 0. The molecule has 0 aromatic carbocycles. The van der Waals surface area contributed by atoms with Crippen molar-refractivity contribution in [2.75, 3.05) is 13.2 Å². The summed E-state index contributed by atoms with van der Waals surface area (Å²) in [6.45, 7) is -0.415. The molecule has 0 aliphatic carbocycles. The average molecular weight is 234 g/mol. The van der Waals surface area contributed by atoms with Gasteiger partial charge in [-0.2, -0.15) is 0 Å². The highest BCUT2D eigenvalue weighted by Gasteiger charge is 2.13. The molecule has 2 N–H and O–H groups in total. The number of nitrogens with one attached hydrogen (secondary N) is 1. The molecule has 0 spiro atoms. The molecule has 0 unspecified atom stereocenters. The quantitative estimate of drug-likeness (QED) is 0.733. The van der Waals surface area contributed by atoms with Gasteiger partial charge in [0.2, 0.25) is 0 Å². The van der Waals surface area contributed by atoms with Gasteiger partial charge in [-0.25, -0.2) is 9.78 Å². The molecular formula is C11H10N2O4. The Morgan fingerprint density at radius 2 is 2.35 bits per heavy atom. The van der Waals surface area contributed by atoms with Crippen LogP contribution in [0.4, 0.5) is 0 Å². The summed E-state index contributed by atoms with van der Waals surface area (Å²) in [5, 5.41) is 9.17. The summed E-state index contributed by atoms with van der Waals surface area (Å²) in [6.07, 6.45) is 1.54. The monoisotopic (exact) mass is 234 g/mol. The molecule has 0 bridgehead atoms. The van der Waals surface area contributed by atoms with Crippen LogP contribution in [0.5, 0.6) is 0 Å². The summed E-state index contributed by atoms with van der Waals surface area (Å²) < 4.78 is 4.68. The topological polar surface area (TPSA) is 92.3 Å². The fraction of sp³-hybridized carbons (Fsp3) is 0.182. The first-order chi connectivity index (χ1) is 8.22. The Labute approximate surface area is 95.9 Å². The highest BCUT2D eigenvalue weighted by Crippen LogP contribution is 2.07. The first kappa shape index (κ1) is 11.3. The summed E-state index contributed by atoms with van der Waals surface area (Å²) >= 11 is 0. The molecule has 0 fully saturated rings. The van der Waals surface area contributed by atoms with Crippen molar-refractivity contribution in [3.05, 3.63) is 40.3 Å². The molecule has 0 saturated heterocycles. The summed E-state index contributed by atoms with van der Waals surface area (Å²) in [4.78, 5) is 29.5. The Morgan fingerprint density at radius 3 is 3.12 bits per heavy atom. The molecule has 2 aromatic heterocycles. The molecule has 0 saturated carbocycles. The van der Waals surface area contributed by atoms with Crippen molar-refractivity contribution < 1.29 is 14.6 Å². The number of ether oxygens (including phenoxy) is 1. The fourth-order valence-corrected chi connectivity index (χ4v) is 1.40. The van der Waals surface area contributed by atoms with Gasteiger partial charge < -0.3 is 14.8 Å². The largest absolute Gasteiger partial charge is 0.460 e. The molecule has 2 heterocycles. The van der Waals surface area contributed by atoms with Crippen LogP contribution in [0, 0.1) is 0 Å². The lowest BCUT2D eigenvalue weighted by atomic mass is 10.2. The van der Waals surface area contributed by atoms with Crippen molar-refractivity contribution in [2.24, 2.45) is 0 Å². The number of carbonyl (C=O) groups is 1. The lowest BCUT2D eigenvalue weighted by Crippen LogP contribution is -2.20. The molecule has 2 rings (SSSR count). The van der Waals surface area contributed by atoms with E-state index in [1.165, 1.54) is 6.07 Å². The van der Waals surface area contributed by atoms with Gasteiger partial charge in [-0.3, -0.25) is 4.79 Å². The summed E-state index contributed by atoms with van der Waals surface area (Å²) in [5.41, 5.74) is -0.241. The number of aliphatic hydroxyl groups excluding tert-OH is 1. The molecule has 0 aliphatic rings. The van der Waals surface area contributed by atoms with Crippen molar-refractivity contribution >= 4 is 17.0 Å². The maximum Gasteiger partial charge on any atom is 0.343 e. The second-order valence-electron chi connectivity index (χ2n) is 3.31. The second-order valence-corrected chi connectivity index (χ2v) is 3.31. The Morgan fingerprint density at radius 1 is 1.53 bits per heavy atom. The number of aromatic amines is 1. The standard InChI is InChI=1S/C11H10N2O4/c14-4-5-17-11(16)8-6-7-2-1-3-12-9(7)13-10(8)15/h1-3,6,14H,4-5H2,(H,12,13,15). The van der Waals surface area contributed by atoms with Gasteiger partial charge in [0.15, 0.2) is 0 Å². The van der Waals surface area contributed by atoms with Crippen molar-refractivity contribution in [1.82, 2.24) is 9.97 Å². The van der Waals surface area contributed by atoms with Crippen LogP contribution in [0.15, 0.2) is 29.2 Å². The van der Waals surface area contributed by atoms with Crippen LogP contribution in [-0.4, -0.2) is 34.3 Å². The molecule has 0 atom stereocenters. The normalized spacial score (nSPS) is 10.4. The highest BCUT2D eigenvalue weighted by atomic mass is 16.5. The van der Waals surface area contributed by atoms with Crippen molar-refractivity contribution in [1.29, 1.82) is 0 Å². The molecule has 17 heavy (non-hydrogen) atoms. The zero-order chi connectivity index (χ0) is 12.3. The number of fused-ring (bicyclic) bond motifs is 1. The number of rotatable bonds is 3. The van der Waals surface area contributed by atoms with Gasteiger partial charge in [-0.1, -0.05) is 0 Å². The van der Waals surface area contributed by atoms with E-state index >= 15 is 0 Å². The van der Waals surface area contributed by atoms with Crippen LogP contribution < -0.4 is 5.56 Å². The maximum atomic E-state index is 11.6. The van der Waals surface area contributed by atoms with E-state index < -0.39 is 11.5 Å². The maximum absolute atomic E-state index is 11.6. The molecule has 6 nitrogen and oxygen atoms in total. The summed E-state index contributed by atoms with van der Waals surface area (Å²) in [6, 6.07) is 4.84. The Balaban J connectivity index is 2.44. The fourth-order valence-electron chi connectivity index (χ4n) is 1.40. The number of carbonyl (C=O) groups excluding carboxylic acids is 1. The van der Waals surface area contributed by atoms with E-state index in [0.29, 0.717) is 11.0 Å². The predicted molar refractivity (Wildman–Crippen MR) is 59.7 cm³/mol. The third-order valence-corrected chi connectivity index (χ3v) is 2.16. The first-order valence-electron chi connectivity index (χ1n) is 4.98. The number of hydrogen-bond donors (Lipinski definition) is 2. The molecule has 2 aromatic rings. The minimum Gasteiger partial charge on any atom is -0.460 e. The van der Waals surface area contributed by atoms with E-state index in [1.54, 1.807) is 18.3 Å². The Hall–Kier alpha value is -2.21. The number of pyridine rings is 2. The van der Waals surface area contributed by atoms with Gasteiger partial charge in [0.25, 0.3) is 5.56 Å². The van der Waals surface area contributed by atoms with Crippen molar-refractivity contribution in [2.45, 2.75) is 0 Å². The van der Waals surface area contributed by atoms with Gasteiger partial charge >= 0.3 is 5.97 Å². The first-order valence-corrected chi connectivity index (χ1v) is 4.98. The van der Waals surface area contributed by atoms with Crippen molar-refractivity contribution in [3.8, 4) is 0 Å². The molecule has 88 valence electrons. The van der Waals surface area contributed by atoms with Crippen LogP contribution in [0.2, 0.25) is 0 Å². The van der Waals surface area contributed by atoms with Crippen LogP contribution >= 0.6 is 0 Å². The third-order valence-electron chi connectivity index (χ3n) is 2.16. The van der Waals surface area contributed by atoms with Gasteiger partial charge in [0.1, 0.15) is 17.8 Å². The minimum absolute atomic E-state index is 0.0982. The average Bonchev–Trinajstić information content (AvgIpc) is 2.35. The number of nitrogens with zero attached hydrogens (tertiary/aromatic N) is 1. The minimum atomic E-state index is -0.758. The number of aliphatic hydroxyl groups is 1. The number of H-pyrrole nitrogens is 1. The smallest absolute Gasteiger partial charge is 0.343 e. The second kappa shape index (κ2) is 4.75. The zero-order valence-electron chi connectivity index (χ0n) is 8.84. The van der Waals surface area contributed by atoms with Crippen molar-refractivity contribution in [3.63, 3.8) is 0 Å². The van der Waals surface area contributed by atoms with E-state index in [0.717, 1.165) is 0 Å². The SMILES string of the molecule is O=C(OCCO)c1cc2cccnc2[nH]c1=O. The van der Waals surface area contributed by atoms with Gasteiger partial charge in [-0.05, 0) is 18.2 Å². The molecule has 0 radical (unpaired) electrons. The Kier molecular flexibility index (Phi) is 3.15. The van der Waals surface area contributed by atoms with Crippen LogP contribution in [0.1, 0.15) is 10.4 Å². The van der Waals surface area contributed by atoms with Gasteiger partial charge in [-0.15, -0.1) is 0 Å². The zero-order valence-corrected chi connectivity index (χ0v) is 8.84. The van der Waals surface area contributed by atoms with Crippen LogP contribution in [0.25, 0.3) is 11.0 Å². The summed E-state index contributed by atoms with van der Waals surface area (Å²) in [5.74, 6) is -0.758.